The van der Waals surface area contributed by atoms with Gasteiger partial charge in [-0.2, -0.15) is 5.10 Å². The molecule has 1 saturated heterocycles. The smallest absolute Gasteiger partial charge is 0.410 e. The Morgan fingerprint density at radius 3 is 2.33 bits per heavy atom. The van der Waals surface area contributed by atoms with E-state index in [4.69, 9.17) is 9.72 Å². The number of hydrogen-bond acceptors (Lipinski definition) is 7. The van der Waals surface area contributed by atoms with Gasteiger partial charge in [0.15, 0.2) is 5.65 Å². The Hall–Kier alpha value is -4.50. The van der Waals surface area contributed by atoms with E-state index in [9.17, 15) is 9.90 Å². The summed E-state index contributed by atoms with van der Waals surface area (Å²) in [7, 11) is 0. The molecule has 6 rings (SSSR count). The summed E-state index contributed by atoms with van der Waals surface area (Å²) < 4.78 is 7.31. The van der Waals surface area contributed by atoms with Gasteiger partial charge in [0.25, 0.3) is 0 Å². The molecule has 218 valence electrons. The predicted molar refractivity (Wildman–Crippen MR) is 166 cm³/mol. The monoisotopic (exact) mass is 566 g/mol. The number of aliphatic hydroxyl groups excluding tert-OH is 1. The predicted octanol–water partition coefficient (Wildman–Crippen LogP) is 6.19. The summed E-state index contributed by atoms with van der Waals surface area (Å²) >= 11 is 0. The molecule has 9 nitrogen and oxygen atoms in total. The molecule has 0 radical (unpaired) electrons. The Bertz CT molecular complexity index is 1680. The number of carbonyl (C=O) groups excluding carboxylic acids is 1. The SMILES string of the molecule is CC.CC(C)(C)OC(=O)N1CCN(c2ccc(-c3cnc4c(-c5ccnc6c(CO)cccc56)cnn4c3)cc2)CC1. The van der Waals surface area contributed by atoms with Crippen LogP contribution in [0.4, 0.5) is 10.5 Å². The van der Waals surface area contributed by atoms with Crippen LogP contribution in [0.2, 0.25) is 0 Å². The molecule has 42 heavy (non-hydrogen) atoms. The van der Waals surface area contributed by atoms with Crippen LogP contribution in [0.15, 0.2) is 73.3 Å². The highest BCUT2D eigenvalue weighted by molar-refractivity contribution is 5.98. The zero-order valence-electron chi connectivity index (χ0n) is 24.9. The number of ether oxygens (including phenoxy) is 1. The first-order chi connectivity index (χ1) is 20.3. The summed E-state index contributed by atoms with van der Waals surface area (Å²) in [6.07, 6.45) is 7.19. The molecule has 9 heteroatoms. The number of aliphatic hydroxyl groups is 1. The highest BCUT2D eigenvalue weighted by Crippen LogP contribution is 2.32. The van der Waals surface area contributed by atoms with Crippen LogP contribution in [-0.4, -0.2) is 67.5 Å². The molecular weight excluding hydrogens is 528 g/mol. The molecule has 1 amide bonds. The Labute approximate surface area is 246 Å². The molecule has 0 aliphatic carbocycles. The molecule has 4 heterocycles. The molecule has 2 aromatic carbocycles. The lowest BCUT2D eigenvalue weighted by atomic mass is 10.0. The van der Waals surface area contributed by atoms with E-state index < -0.39 is 5.60 Å². The van der Waals surface area contributed by atoms with Crippen LogP contribution in [0.1, 0.15) is 40.2 Å². The molecular formula is C33H38N6O3. The number of rotatable bonds is 4. The number of fused-ring (bicyclic) bond motifs is 2. The van der Waals surface area contributed by atoms with Crippen molar-refractivity contribution < 1.29 is 14.6 Å². The standard InChI is InChI=1S/C31H32N6O3.C2H6/c1-31(2,3)40-30(39)36-15-13-35(14-16-36)24-9-7-21(8-10-24)23-17-33-29-27(18-34-37(29)19-23)25-11-12-32-28-22(20-38)5-4-6-26(25)28;1-2/h4-12,17-19,38H,13-16,20H2,1-3H3;1-2H3. The molecule has 1 fully saturated rings. The topological polar surface area (TPSA) is 96.1 Å². The highest BCUT2D eigenvalue weighted by Gasteiger charge is 2.26. The number of carbonyl (C=O) groups is 1. The second-order valence-electron chi connectivity index (χ2n) is 11.0. The number of nitrogens with zero attached hydrogens (tertiary/aromatic N) is 6. The summed E-state index contributed by atoms with van der Waals surface area (Å²) in [6.45, 7) is 12.4. The zero-order chi connectivity index (χ0) is 29.9. The van der Waals surface area contributed by atoms with Gasteiger partial charge in [0.2, 0.25) is 0 Å². The van der Waals surface area contributed by atoms with E-state index in [1.807, 2.05) is 77.5 Å². The normalized spacial score (nSPS) is 13.7. The molecule has 3 aromatic heterocycles. The van der Waals surface area contributed by atoms with Gasteiger partial charge in [0, 0.05) is 72.5 Å². The van der Waals surface area contributed by atoms with Crippen LogP contribution in [0.25, 0.3) is 38.8 Å². The average molecular weight is 567 g/mol. The van der Waals surface area contributed by atoms with Gasteiger partial charge in [-0.1, -0.05) is 44.2 Å². The van der Waals surface area contributed by atoms with Crippen molar-refractivity contribution >= 4 is 28.3 Å². The lowest BCUT2D eigenvalue weighted by Gasteiger charge is -2.36. The first-order valence-electron chi connectivity index (χ1n) is 14.5. The van der Waals surface area contributed by atoms with Crippen LogP contribution in [0.3, 0.4) is 0 Å². The number of pyridine rings is 1. The Balaban J connectivity index is 0.00000173. The second kappa shape index (κ2) is 12.2. The van der Waals surface area contributed by atoms with E-state index in [0.29, 0.717) is 13.1 Å². The summed E-state index contributed by atoms with van der Waals surface area (Å²) in [5.41, 5.74) is 6.86. The zero-order valence-corrected chi connectivity index (χ0v) is 24.9. The maximum Gasteiger partial charge on any atom is 0.410 e. The molecule has 0 spiro atoms. The third kappa shape index (κ3) is 5.92. The van der Waals surface area contributed by atoms with E-state index in [-0.39, 0.29) is 12.7 Å². The number of hydrogen-bond donors (Lipinski definition) is 1. The molecule has 0 unspecified atom stereocenters. The van der Waals surface area contributed by atoms with Gasteiger partial charge >= 0.3 is 6.09 Å². The van der Waals surface area contributed by atoms with Crippen molar-refractivity contribution in [3.05, 3.63) is 78.9 Å². The fourth-order valence-corrected chi connectivity index (χ4v) is 5.15. The minimum atomic E-state index is -0.489. The quantitative estimate of drug-likeness (QED) is 0.277. The van der Waals surface area contributed by atoms with Crippen LogP contribution < -0.4 is 4.90 Å². The van der Waals surface area contributed by atoms with Crippen LogP contribution >= 0.6 is 0 Å². The van der Waals surface area contributed by atoms with Crippen LogP contribution in [-0.2, 0) is 11.3 Å². The maximum absolute atomic E-state index is 12.4. The molecule has 5 aromatic rings. The summed E-state index contributed by atoms with van der Waals surface area (Å²) in [5.74, 6) is 0. The minimum absolute atomic E-state index is 0.0642. The van der Waals surface area contributed by atoms with E-state index in [1.165, 1.54) is 0 Å². The van der Waals surface area contributed by atoms with Gasteiger partial charge in [-0.05, 0) is 50.1 Å². The van der Waals surface area contributed by atoms with Crippen molar-refractivity contribution in [3.63, 3.8) is 0 Å². The Morgan fingerprint density at radius 2 is 1.64 bits per heavy atom. The molecule has 1 N–H and O–H groups in total. The van der Waals surface area contributed by atoms with Gasteiger partial charge in [-0.3, -0.25) is 4.98 Å². The Morgan fingerprint density at radius 1 is 0.905 bits per heavy atom. The third-order valence-corrected chi connectivity index (χ3v) is 7.17. The van der Waals surface area contributed by atoms with Crippen molar-refractivity contribution in [2.75, 3.05) is 31.1 Å². The number of piperazine rings is 1. The summed E-state index contributed by atoms with van der Waals surface area (Å²) in [6, 6.07) is 16.2. The second-order valence-corrected chi connectivity index (χ2v) is 11.0. The van der Waals surface area contributed by atoms with E-state index >= 15 is 0 Å². The van der Waals surface area contributed by atoms with Crippen molar-refractivity contribution in [2.24, 2.45) is 0 Å². The Kier molecular flexibility index (Phi) is 8.40. The van der Waals surface area contributed by atoms with Crippen LogP contribution in [0, 0.1) is 0 Å². The first-order valence-corrected chi connectivity index (χ1v) is 14.5. The fourth-order valence-electron chi connectivity index (χ4n) is 5.15. The first kappa shape index (κ1) is 29.0. The maximum atomic E-state index is 12.4. The van der Waals surface area contributed by atoms with Gasteiger partial charge in [-0.25, -0.2) is 14.3 Å². The van der Waals surface area contributed by atoms with Gasteiger partial charge < -0.3 is 19.6 Å². The lowest BCUT2D eigenvalue weighted by molar-refractivity contribution is 0.0240. The highest BCUT2D eigenvalue weighted by atomic mass is 16.6. The number of anilines is 1. The molecule has 0 atom stereocenters. The van der Waals surface area contributed by atoms with Gasteiger partial charge in [0.1, 0.15) is 5.60 Å². The van der Waals surface area contributed by atoms with Crippen molar-refractivity contribution in [1.82, 2.24) is 24.5 Å². The number of benzene rings is 2. The molecule has 1 aliphatic heterocycles. The van der Waals surface area contributed by atoms with Crippen molar-refractivity contribution in [2.45, 2.75) is 46.8 Å². The molecule has 1 aliphatic rings. The van der Waals surface area contributed by atoms with E-state index in [1.54, 1.807) is 15.6 Å². The molecule has 0 bridgehead atoms. The molecule has 0 saturated carbocycles. The third-order valence-electron chi connectivity index (χ3n) is 7.17. The van der Waals surface area contributed by atoms with Gasteiger partial charge in [-0.15, -0.1) is 0 Å². The van der Waals surface area contributed by atoms with E-state index in [2.05, 4.69) is 39.2 Å². The average Bonchev–Trinajstić information content (AvgIpc) is 3.44. The van der Waals surface area contributed by atoms with Crippen LogP contribution in [0.5, 0.6) is 0 Å². The summed E-state index contributed by atoms with van der Waals surface area (Å²) in [5, 5.41) is 15.3. The lowest BCUT2D eigenvalue weighted by Crippen LogP contribution is -2.50. The largest absolute Gasteiger partial charge is 0.444 e. The van der Waals surface area contributed by atoms with Crippen molar-refractivity contribution in [1.29, 1.82) is 0 Å². The number of aromatic nitrogens is 4. The summed E-state index contributed by atoms with van der Waals surface area (Å²) in [4.78, 5) is 25.7. The fraction of sp³-hybridized carbons (Fsp3) is 0.333. The minimum Gasteiger partial charge on any atom is -0.444 e. The van der Waals surface area contributed by atoms with E-state index in [0.717, 1.165) is 63.1 Å². The number of para-hydroxylation sites is 1. The van der Waals surface area contributed by atoms with Crippen molar-refractivity contribution in [3.8, 4) is 22.3 Å². The number of amides is 1. The van der Waals surface area contributed by atoms with Gasteiger partial charge in [0.05, 0.1) is 18.3 Å².